The summed E-state index contributed by atoms with van der Waals surface area (Å²) in [5.74, 6) is 2.56. The summed E-state index contributed by atoms with van der Waals surface area (Å²) in [5, 5.41) is 8.42. The first kappa shape index (κ1) is 34.1. The Morgan fingerprint density at radius 2 is 1.16 bits per heavy atom. The molecule has 0 aromatic rings. The van der Waals surface area contributed by atoms with Crippen LogP contribution in [0.25, 0.3) is 0 Å². The highest BCUT2D eigenvalue weighted by molar-refractivity contribution is 7.98. The first-order valence-corrected chi connectivity index (χ1v) is 16.2. The zero-order valence-corrected chi connectivity index (χ0v) is 24.4. The minimum Gasteiger partial charge on any atom is -0.396 e. The Kier molecular flexibility index (Phi) is 28.2. The van der Waals surface area contributed by atoms with Gasteiger partial charge in [0.15, 0.2) is 0 Å². The lowest BCUT2D eigenvalue weighted by Crippen LogP contribution is -2.34. The van der Waals surface area contributed by atoms with E-state index in [1.165, 1.54) is 56.5 Å². The van der Waals surface area contributed by atoms with Crippen LogP contribution in [0.1, 0.15) is 99.3 Å². The Bertz CT molecular complexity index is 337. The minimum absolute atomic E-state index is 0.206. The van der Waals surface area contributed by atoms with E-state index in [0.717, 1.165) is 19.4 Å². The molecular formula is C24H54NO3PS2. The Morgan fingerprint density at radius 3 is 1.58 bits per heavy atom. The Hall–Kier alpha value is 0.970. The summed E-state index contributed by atoms with van der Waals surface area (Å²) in [7, 11) is -0.943. The van der Waals surface area contributed by atoms with Crippen LogP contribution < -0.4 is 0 Å². The second-order valence-electron chi connectivity index (χ2n) is 8.68. The number of rotatable bonds is 20. The molecule has 0 aliphatic carbocycles. The molecule has 0 heterocycles. The van der Waals surface area contributed by atoms with Crippen molar-refractivity contribution in [1.29, 1.82) is 0 Å². The van der Waals surface area contributed by atoms with Crippen molar-refractivity contribution in [2.45, 2.75) is 118 Å². The first-order chi connectivity index (χ1) is 14.8. The molecule has 0 rings (SSSR count). The molecule has 0 aliphatic heterocycles. The zero-order valence-electron chi connectivity index (χ0n) is 21.9. The SMILES string of the molecule is CSCCCCCCCOP(OC(C)C)N(C(C)C)C(C)C.CSCCCCCCO. The van der Waals surface area contributed by atoms with Gasteiger partial charge < -0.3 is 14.2 Å². The topological polar surface area (TPSA) is 41.9 Å². The lowest BCUT2D eigenvalue weighted by molar-refractivity contribution is 0.146. The third-order valence-electron chi connectivity index (χ3n) is 4.50. The molecule has 0 aromatic carbocycles. The maximum absolute atomic E-state index is 8.42. The summed E-state index contributed by atoms with van der Waals surface area (Å²) < 4.78 is 14.6. The lowest BCUT2D eigenvalue weighted by Gasteiger charge is -2.36. The van der Waals surface area contributed by atoms with Crippen molar-refractivity contribution in [3.8, 4) is 0 Å². The van der Waals surface area contributed by atoms with Gasteiger partial charge in [-0.3, -0.25) is 0 Å². The average molecular weight is 500 g/mol. The molecule has 0 aliphatic rings. The normalized spacial score (nSPS) is 12.7. The molecule has 0 radical (unpaired) electrons. The van der Waals surface area contributed by atoms with Crippen LogP contribution in [0.2, 0.25) is 0 Å². The van der Waals surface area contributed by atoms with Gasteiger partial charge in [-0.15, -0.1) is 0 Å². The summed E-state index contributed by atoms with van der Waals surface area (Å²) in [6, 6.07) is 0.882. The molecule has 0 aromatic heterocycles. The van der Waals surface area contributed by atoms with E-state index in [1.807, 2.05) is 23.5 Å². The quantitative estimate of drug-likeness (QED) is 0.135. The fourth-order valence-electron chi connectivity index (χ4n) is 3.04. The fraction of sp³-hybridized carbons (Fsp3) is 1.00. The highest BCUT2D eigenvalue weighted by Gasteiger charge is 2.27. The predicted octanol–water partition coefficient (Wildman–Crippen LogP) is 7.99. The third kappa shape index (κ3) is 23.9. The fourth-order valence-corrected chi connectivity index (χ4v) is 5.73. The zero-order chi connectivity index (χ0) is 23.9. The van der Waals surface area contributed by atoms with Crippen molar-refractivity contribution < 1.29 is 14.2 Å². The molecule has 0 amide bonds. The van der Waals surface area contributed by atoms with Gasteiger partial charge in [-0.2, -0.15) is 23.5 Å². The van der Waals surface area contributed by atoms with Crippen LogP contribution >= 0.6 is 32.0 Å². The van der Waals surface area contributed by atoms with Gasteiger partial charge in [0.05, 0.1) is 12.7 Å². The first-order valence-electron chi connectivity index (χ1n) is 12.3. The molecule has 190 valence electrons. The van der Waals surface area contributed by atoms with Crippen molar-refractivity contribution in [3.05, 3.63) is 0 Å². The smallest absolute Gasteiger partial charge is 0.259 e. The molecular weight excluding hydrogens is 445 g/mol. The number of hydrogen-bond donors (Lipinski definition) is 1. The second-order valence-corrected chi connectivity index (χ2v) is 12.1. The van der Waals surface area contributed by atoms with E-state index in [4.69, 9.17) is 14.2 Å². The van der Waals surface area contributed by atoms with Crippen LogP contribution in [0.15, 0.2) is 0 Å². The molecule has 1 atom stereocenters. The van der Waals surface area contributed by atoms with Crippen molar-refractivity contribution in [1.82, 2.24) is 4.67 Å². The molecule has 4 nitrogen and oxygen atoms in total. The van der Waals surface area contributed by atoms with Crippen LogP contribution in [0.4, 0.5) is 0 Å². The van der Waals surface area contributed by atoms with Gasteiger partial charge >= 0.3 is 0 Å². The maximum Gasteiger partial charge on any atom is 0.259 e. The summed E-state index contributed by atoms with van der Waals surface area (Å²) in [4.78, 5) is 0. The monoisotopic (exact) mass is 499 g/mol. The molecule has 0 saturated heterocycles. The van der Waals surface area contributed by atoms with E-state index in [1.54, 1.807) is 0 Å². The molecule has 0 bridgehead atoms. The van der Waals surface area contributed by atoms with E-state index in [-0.39, 0.29) is 6.10 Å². The highest BCUT2D eigenvalue weighted by atomic mass is 32.2. The van der Waals surface area contributed by atoms with E-state index in [2.05, 4.69) is 58.7 Å². The maximum atomic E-state index is 8.42. The largest absolute Gasteiger partial charge is 0.396 e. The Labute approximate surface area is 205 Å². The molecule has 0 fully saturated rings. The molecule has 0 saturated carbocycles. The second kappa shape index (κ2) is 25.6. The third-order valence-corrected chi connectivity index (χ3v) is 8.20. The minimum atomic E-state index is -0.943. The average Bonchev–Trinajstić information content (AvgIpc) is 2.69. The number of hydrogen-bond acceptors (Lipinski definition) is 6. The predicted molar refractivity (Wildman–Crippen MR) is 147 cm³/mol. The summed E-state index contributed by atoms with van der Waals surface area (Å²) in [5.41, 5.74) is 0. The van der Waals surface area contributed by atoms with E-state index < -0.39 is 8.53 Å². The van der Waals surface area contributed by atoms with E-state index in [0.29, 0.717) is 18.7 Å². The highest BCUT2D eigenvalue weighted by Crippen LogP contribution is 2.47. The van der Waals surface area contributed by atoms with E-state index in [9.17, 15) is 0 Å². The van der Waals surface area contributed by atoms with Crippen molar-refractivity contribution >= 4 is 32.0 Å². The Morgan fingerprint density at radius 1 is 0.710 bits per heavy atom. The lowest BCUT2D eigenvalue weighted by atomic mass is 10.2. The van der Waals surface area contributed by atoms with Gasteiger partial charge in [-0.05, 0) is 91.2 Å². The number of aliphatic hydroxyl groups is 1. The van der Waals surface area contributed by atoms with Crippen molar-refractivity contribution in [2.24, 2.45) is 0 Å². The summed E-state index contributed by atoms with van der Waals surface area (Å²) in [6.45, 7) is 14.2. The van der Waals surface area contributed by atoms with Crippen LogP contribution in [0, 0.1) is 0 Å². The van der Waals surface area contributed by atoms with Gasteiger partial charge in [0.1, 0.15) is 0 Å². The van der Waals surface area contributed by atoms with Gasteiger partial charge in [0, 0.05) is 18.7 Å². The number of unbranched alkanes of at least 4 members (excludes halogenated alkanes) is 7. The molecule has 0 spiro atoms. The molecule has 1 unspecified atom stereocenters. The standard InChI is InChI=1S/C17H38NO2PS.C7H16OS/c1-15(2)18(16(3)4)21(20-17(5)6)19-13-11-9-8-10-12-14-22-7;1-9-7-5-3-2-4-6-8/h15-17H,8-14H2,1-7H3;8H,2-7H2,1H3. The number of thioether (sulfide) groups is 2. The van der Waals surface area contributed by atoms with Crippen LogP contribution in [-0.2, 0) is 9.05 Å². The van der Waals surface area contributed by atoms with Crippen LogP contribution in [0.5, 0.6) is 0 Å². The molecule has 7 heteroatoms. The van der Waals surface area contributed by atoms with Crippen LogP contribution in [0.3, 0.4) is 0 Å². The van der Waals surface area contributed by atoms with E-state index >= 15 is 0 Å². The molecule has 1 N–H and O–H groups in total. The van der Waals surface area contributed by atoms with Gasteiger partial charge in [-0.1, -0.05) is 32.1 Å². The summed E-state index contributed by atoms with van der Waals surface area (Å²) in [6.07, 6.45) is 15.7. The summed E-state index contributed by atoms with van der Waals surface area (Å²) >= 11 is 3.84. The van der Waals surface area contributed by atoms with Gasteiger partial charge in [0.25, 0.3) is 8.53 Å². The van der Waals surface area contributed by atoms with Gasteiger partial charge in [-0.25, -0.2) is 4.67 Å². The molecule has 31 heavy (non-hydrogen) atoms. The van der Waals surface area contributed by atoms with Crippen molar-refractivity contribution in [3.63, 3.8) is 0 Å². The Balaban J connectivity index is 0. The van der Waals surface area contributed by atoms with Crippen molar-refractivity contribution in [2.75, 3.05) is 37.2 Å². The number of nitrogens with zero attached hydrogens (tertiary/aromatic N) is 1. The van der Waals surface area contributed by atoms with Crippen LogP contribution in [-0.4, -0.2) is 65.2 Å². The van der Waals surface area contributed by atoms with Gasteiger partial charge in [0.2, 0.25) is 0 Å². The number of aliphatic hydroxyl groups excluding tert-OH is 1.